The maximum atomic E-state index is 12.2. The van der Waals surface area contributed by atoms with Gasteiger partial charge in [-0.2, -0.15) is 0 Å². The number of morpholine rings is 1. The molecule has 0 unspecified atom stereocenters. The number of rotatable bonds is 7. The fourth-order valence-electron chi connectivity index (χ4n) is 2.68. The van der Waals surface area contributed by atoms with Crippen LogP contribution in [0.5, 0.6) is 0 Å². The number of amides is 1. The van der Waals surface area contributed by atoms with E-state index in [0.717, 1.165) is 55.7 Å². The molecule has 3 rings (SSSR count). The van der Waals surface area contributed by atoms with Crippen LogP contribution in [-0.2, 0) is 4.74 Å². The van der Waals surface area contributed by atoms with Crippen molar-refractivity contribution >= 4 is 28.1 Å². The second-order valence-corrected chi connectivity index (χ2v) is 6.90. The zero-order valence-electron chi connectivity index (χ0n) is 14.5. The fourth-order valence-corrected chi connectivity index (χ4v) is 3.39. The molecule has 1 saturated heterocycles. The Morgan fingerprint density at radius 3 is 2.92 bits per heavy atom. The molecule has 0 atom stereocenters. The second kappa shape index (κ2) is 8.94. The van der Waals surface area contributed by atoms with Crippen LogP contribution in [0.25, 0.3) is 0 Å². The standard InChI is InChI=1S/C18H24N4O2S/c1-14-5-2-3-6-15(14)20-18-21-16(13-25-18)17(23)19-7-4-8-22-9-11-24-12-10-22/h2-3,5-6,13H,4,7-12H2,1H3,(H,19,23)(H,20,21). The van der Waals surface area contributed by atoms with Gasteiger partial charge >= 0.3 is 0 Å². The molecule has 1 amide bonds. The monoisotopic (exact) mass is 360 g/mol. The molecule has 25 heavy (non-hydrogen) atoms. The number of hydrogen-bond acceptors (Lipinski definition) is 6. The van der Waals surface area contributed by atoms with Crippen molar-refractivity contribution in [2.45, 2.75) is 13.3 Å². The third-order valence-corrected chi connectivity index (χ3v) is 4.92. The van der Waals surface area contributed by atoms with E-state index >= 15 is 0 Å². The summed E-state index contributed by atoms with van der Waals surface area (Å²) in [5, 5.41) is 8.73. The first-order chi connectivity index (χ1) is 12.2. The van der Waals surface area contributed by atoms with Crippen LogP contribution in [-0.4, -0.2) is 55.2 Å². The maximum Gasteiger partial charge on any atom is 0.270 e. The van der Waals surface area contributed by atoms with E-state index in [2.05, 4.69) is 20.5 Å². The van der Waals surface area contributed by atoms with E-state index < -0.39 is 0 Å². The van der Waals surface area contributed by atoms with Gasteiger partial charge in [0.05, 0.1) is 13.2 Å². The molecule has 134 valence electrons. The van der Waals surface area contributed by atoms with E-state index in [1.54, 1.807) is 5.38 Å². The van der Waals surface area contributed by atoms with Gasteiger partial charge in [-0.05, 0) is 31.5 Å². The van der Waals surface area contributed by atoms with Crippen molar-refractivity contribution in [1.82, 2.24) is 15.2 Å². The molecule has 1 aliphatic heterocycles. The first-order valence-corrected chi connectivity index (χ1v) is 9.47. The molecule has 7 heteroatoms. The van der Waals surface area contributed by atoms with Gasteiger partial charge in [0.25, 0.3) is 5.91 Å². The number of aryl methyl sites for hydroxylation is 1. The van der Waals surface area contributed by atoms with Crippen LogP contribution in [0.4, 0.5) is 10.8 Å². The normalized spacial score (nSPS) is 15.1. The van der Waals surface area contributed by atoms with Gasteiger partial charge in [0.2, 0.25) is 0 Å². The molecule has 1 aromatic carbocycles. The molecule has 0 bridgehead atoms. The van der Waals surface area contributed by atoms with Crippen LogP contribution < -0.4 is 10.6 Å². The molecule has 6 nitrogen and oxygen atoms in total. The van der Waals surface area contributed by atoms with Gasteiger partial charge in [0, 0.05) is 30.7 Å². The smallest absolute Gasteiger partial charge is 0.270 e. The zero-order chi connectivity index (χ0) is 17.5. The Labute approximate surface area is 152 Å². The average Bonchev–Trinajstić information content (AvgIpc) is 3.10. The number of carbonyl (C=O) groups is 1. The van der Waals surface area contributed by atoms with E-state index in [4.69, 9.17) is 4.74 Å². The lowest BCUT2D eigenvalue weighted by atomic mass is 10.2. The Morgan fingerprint density at radius 1 is 1.32 bits per heavy atom. The van der Waals surface area contributed by atoms with Crippen molar-refractivity contribution in [2.75, 3.05) is 44.7 Å². The van der Waals surface area contributed by atoms with Crippen LogP contribution in [0.3, 0.4) is 0 Å². The highest BCUT2D eigenvalue weighted by atomic mass is 32.1. The lowest BCUT2D eigenvalue weighted by Gasteiger charge is -2.26. The average molecular weight is 360 g/mol. The molecular weight excluding hydrogens is 336 g/mol. The van der Waals surface area contributed by atoms with Gasteiger partial charge in [-0.1, -0.05) is 18.2 Å². The summed E-state index contributed by atoms with van der Waals surface area (Å²) in [4.78, 5) is 18.9. The Hall–Kier alpha value is -1.96. The predicted molar refractivity (Wildman–Crippen MR) is 101 cm³/mol. The van der Waals surface area contributed by atoms with Crippen LogP contribution >= 0.6 is 11.3 Å². The Bertz CT molecular complexity index is 698. The SMILES string of the molecule is Cc1ccccc1Nc1nc(C(=O)NCCCN2CCOCC2)cs1. The van der Waals surface area contributed by atoms with E-state index in [0.29, 0.717) is 12.2 Å². The molecular formula is C18H24N4O2S. The highest BCUT2D eigenvalue weighted by Crippen LogP contribution is 2.23. The summed E-state index contributed by atoms with van der Waals surface area (Å²) >= 11 is 1.44. The molecule has 0 spiro atoms. The fraction of sp³-hybridized carbons (Fsp3) is 0.444. The van der Waals surface area contributed by atoms with Crippen molar-refractivity contribution in [3.63, 3.8) is 0 Å². The quantitative estimate of drug-likeness (QED) is 0.743. The summed E-state index contributed by atoms with van der Waals surface area (Å²) in [6.45, 7) is 7.26. The van der Waals surface area contributed by atoms with Gasteiger partial charge in [-0.25, -0.2) is 4.98 Å². The molecule has 0 radical (unpaired) electrons. The van der Waals surface area contributed by atoms with Gasteiger partial charge in [-0.15, -0.1) is 11.3 Å². The summed E-state index contributed by atoms with van der Waals surface area (Å²) in [6, 6.07) is 8.02. The molecule has 0 aliphatic carbocycles. The number of hydrogen-bond donors (Lipinski definition) is 2. The van der Waals surface area contributed by atoms with Crippen molar-refractivity contribution in [3.05, 3.63) is 40.9 Å². The minimum atomic E-state index is -0.115. The zero-order valence-corrected chi connectivity index (χ0v) is 15.3. The first kappa shape index (κ1) is 17.8. The van der Waals surface area contributed by atoms with Crippen molar-refractivity contribution in [3.8, 4) is 0 Å². The lowest BCUT2D eigenvalue weighted by molar-refractivity contribution is 0.0374. The molecule has 2 aromatic rings. The molecule has 2 N–H and O–H groups in total. The molecule has 0 saturated carbocycles. The van der Waals surface area contributed by atoms with Crippen LogP contribution in [0.1, 0.15) is 22.5 Å². The van der Waals surface area contributed by atoms with Gasteiger partial charge in [-0.3, -0.25) is 9.69 Å². The van der Waals surface area contributed by atoms with Crippen LogP contribution in [0.15, 0.2) is 29.6 Å². The Balaban J connectivity index is 1.43. The summed E-state index contributed by atoms with van der Waals surface area (Å²) in [5.74, 6) is -0.115. The van der Waals surface area contributed by atoms with Crippen molar-refractivity contribution in [2.24, 2.45) is 0 Å². The lowest BCUT2D eigenvalue weighted by Crippen LogP contribution is -2.38. The topological polar surface area (TPSA) is 66.5 Å². The Morgan fingerprint density at radius 2 is 2.12 bits per heavy atom. The van der Waals surface area contributed by atoms with E-state index in [-0.39, 0.29) is 5.91 Å². The maximum absolute atomic E-state index is 12.2. The minimum absolute atomic E-state index is 0.115. The summed E-state index contributed by atoms with van der Waals surface area (Å²) in [5.41, 5.74) is 2.62. The van der Waals surface area contributed by atoms with Crippen LogP contribution in [0.2, 0.25) is 0 Å². The number of nitrogens with zero attached hydrogens (tertiary/aromatic N) is 2. The van der Waals surface area contributed by atoms with Gasteiger partial charge in [0.15, 0.2) is 5.13 Å². The number of thiazole rings is 1. The van der Waals surface area contributed by atoms with E-state index in [1.807, 2.05) is 31.2 Å². The number of carbonyl (C=O) groups excluding carboxylic acids is 1. The molecule has 2 heterocycles. The molecule has 1 aromatic heterocycles. The van der Waals surface area contributed by atoms with Crippen molar-refractivity contribution < 1.29 is 9.53 Å². The number of anilines is 2. The third-order valence-electron chi connectivity index (χ3n) is 4.16. The van der Waals surface area contributed by atoms with E-state index in [9.17, 15) is 4.79 Å². The number of nitrogens with one attached hydrogen (secondary N) is 2. The highest BCUT2D eigenvalue weighted by Gasteiger charge is 2.12. The summed E-state index contributed by atoms with van der Waals surface area (Å²) in [7, 11) is 0. The Kier molecular flexibility index (Phi) is 6.38. The van der Waals surface area contributed by atoms with Gasteiger partial charge < -0.3 is 15.4 Å². The number of benzene rings is 1. The third kappa shape index (κ3) is 5.26. The second-order valence-electron chi connectivity index (χ2n) is 6.04. The van der Waals surface area contributed by atoms with E-state index in [1.165, 1.54) is 11.3 Å². The summed E-state index contributed by atoms with van der Waals surface area (Å²) < 4.78 is 5.33. The number of para-hydroxylation sites is 1. The number of ether oxygens (including phenoxy) is 1. The number of aromatic nitrogens is 1. The summed E-state index contributed by atoms with van der Waals surface area (Å²) in [6.07, 6.45) is 0.935. The first-order valence-electron chi connectivity index (χ1n) is 8.59. The van der Waals surface area contributed by atoms with Gasteiger partial charge in [0.1, 0.15) is 5.69 Å². The largest absolute Gasteiger partial charge is 0.379 e. The molecule has 1 aliphatic rings. The molecule has 1 fully saturated rings. The van der Waals surface area contributed by atoms with Crippen LogP contribution in [0, 0.1) is 6.92 Å². The predicted octanol–water partition coefficient (Wildman–Crippen LogP) is 2.65. The van der Waals surface area contributed by atoms with Crippen molar-refractivity contribution in [1.29, 1.82) is 0 Å². The highest BCUT2D eigenvalue weighted by molar-refractivity contribution is 7.14. The minimum Gasteiger partial charge on any atom is -0.379 e.